The van der Waals surface area contributed by atoms with Gasteiger partial charge in [0.1, 0.15) is 0 Å². The van der Waals surface area contributed by atoms with E-state index in [2.05, 4.69) is 174 Å². The van der Waals surface area contributed by atoms with Gasteiger partial charge in [-0.25, -0.2) is 9.97 Å². The third kappa shape index (κ3) is 9.90. The lowest BCUT2D eigenvalue weighted by atomic mass is 9.70. The second-order valence-electron chi connectivity index (χ2n) is 19.4. The second-order valence-corrected chi connectivity index (χ2v) is 19.4. The van der Waals surface area contributed by atoms with Crippen molar-refractivity contribution in [3.8, 4) is 0 Å². The highest BCUT2D eigenvalue weighted by Crippen LogP contribution is 2.47. The first-order valence-corrected chi connectivity index (χ1v) is 22.5. The van der Waals surface area contributed by atoms with Gasteiger partial charge in [-0.2, -0.15) is 0 Å². The molecule has 2 aliphatic rings. The molecule has 0 unspecified atom stereocenters. The van der Waals surface area contributed by atoms with Crippen molar-refractivity contribution < 1.29 is 0 Å². The Morgan fingerprint density at radius 3 is 1.29 bits per heavy atom. The topological polar surface area (TPSA) is 59.7 Å². The van der Waals surface area contributed by atoms with Crippen LogP contribution in [0.5, 0.6) is 0 Å². The molecule has 0 radical (unpaired) electrons. The summed E-state index contributed by atoms with van der Waals surface area (Å²) in [5, 5.41) is 7.45. The Bertz CT molecular complexity index is 2160. The summed E-state index contributed by atoms with van der Waals surface area (Å²) in [5.74, 6) is 3.43. The van der Waals surface area contributed by atoms with Crippen LogP contribution in [-0.2, 0) is 25.7 Å². The number of aromatic nitrogens is 4. The lowest BCUT2D eigenvalue weighted by Gasteiger charge is -2.40. The zero-order chi connectivity index (χ0) is 41.2. The van der Waals surface area contributed by atoms with Crippen molar-refractivity contribution in [1.82, 2.24) is 19.1 Å². The molecule has 2 heterocycles. The van der Waals surface area contributed by atoms with Crippen LogP contribution < -0.4 is 10.6 Å². The Balaban J connectivity index is 0.000000195. The van der Waals surface area contributed by atoms with Crippen molar-refractivity contribution >= 4 is 45.3 Å². The lowest BCUT2D eigenvalue weighted by molar-refractivity contribution is 0.140. The number of aryl methyl sites for hydroxylation is 4. The van der Waals surface area contributed by atoms with Crippen molar-refractivity contribution in [2.45, 2.75) is 153 Å². The molecule has 0 saturated heterocycles. The van der Waals surface area contributed by atoms with E-state index in [0.717, 1.165) is 60.4 Å². The van der Waals surface area contributed by atoms with Crippen molar-refractivity contribution in [3.63, 3.8) is 0 Å². The highest BCUT2D eigenvalue weighted by atomic mass is 15.2. The molecule has 316 valence electrons. The van der Waals surface area contributed by atoms with E-state index in [9.17, 15) is 0 Å². The van der Waals surface area contributed by atoms with E-state index in [1.165, 1.54) is 83.2 Å². The molecule has 4 aromatic carbocycles. The fourth-order valence-electron chi connectivity index (χ4n) is 10.8. The molecular formula is C53H74N6. The summed E-state index contributed by atoms with van der Waals surface area (Å²) in [6.45, 7) is 23.4. The first-order valence-electron chi connectivity index (χ1n) is 22.5. The first-order chi connectivity index (χ1) is 27.8. The molecule has 6 heteroatoms. The van der Waals surface area contributed by atoms with E-state index in [1.54, 1.807) is 0 Å². The summed E-state index contributed by atoms with van der Waals surface area (Å²) in [6, 6.07) is 31.7. The zero-order valence-corrected chi connectivity index (χ0v) is 37.3. The summed E-state index contributed by atoms with van der Waals surface area (Å²) < 4.78 is 4.97. The zero-order valence-electron chi connectivity index (χ0n) is 37.3. The lowest BCUT2D eigenvalue weighted by Crippen LogP contribution is -2.29. The third-order valence-electron chi connectivity index (χ3n) is 13.1. The molecule has 2 saturated carbocycles. The summed E-state index contributed by atoms with van der Waals surface area (Å²) in [7, 11) is 0. The Hall–Kier alpha value is -4.58. The van der Waals surface area contributed by atoms with E-state index in [4.69, 9.17) is 9.97 Å². The predicted octanol–water partition coefficient (Wildman–Crippen LogP) is 15.2. The smallest absolute Gasteiger partial charge is 0.208 e. The fraction of sp³-hybridized carbons (Fsp3) is 0.509. The standard InChI is InChI=1S/2C26H35N3.CH4/c2*1-6-19-12-13-22(20(7-2)15-19)27-25-28-23-10-8-9-11-24(23)29(25)21-14-18(3)16-26(4,5)17-21;/h2*8-13,15,18,21H,6-7,14,16-17H2,1-5H3,(H,27,28);1H4/t2*18-,21+;/m10./s1. The normalized spacial score (nSPS) is 21.1. The number of hydrogen-bond acceptors (Lipinski definition) is 4. The van der Waals surface area contributed by atoms with E-state index in [1.807, 2.05) is 0 Å². The van der Waals surface area contributed by atoms with Gasteiger partial charge < -0.3 is 19.8 Å². The summed E-state index contributed by atoms with van der Waals surface area (Å²) >= 11 is 0. The quantitative estimate of drug-likeness (QED) is 0.145. The molecule has 0 aliphatic heterocycles. The Labute approximate surface area is 356 Å². The van der Waals surface area contributed by atoms with Gasteiger partial charge in [0.2, 0.25) is 11.9 Å². The SMILES string of the molecule is C.CCc1ccc(Nc2nc3ccccc3n2[C@@H]2C[C@H](C)CC(C)(C)C2)c(CC)c1.CCc1ccc(Nc2nc3ccccc3n2[C@H]2C[C@@H](C)CC(C)(C)C2)c(CC)c1. The molecule has 2 fully saturated rings. The number of fused-ring (bicyclic) bond motifs is 2. The van der Waals surface area contributed by atoms with Crippen LogP contribution in [0, 0.1) is 22.7 Å². The number of nitrogens with zero attached hydrogens (tertiary/aromatic N) is 4. The minimum Gasteiger partial charge on any atom is -0.325 e. The Morgan fingerprint density at radius 1 is 0.542 bits per heavy atom. The van der Waals surface area contributed by atoms with Gasteiger partial charge in [-0.3, -0.25) is 0 Å². The van der Waals surface area contributed by atoms with E-state index >= 15 is 0 Å². The van der Waals surface area contributed by atoms with Crippen molar-refractivity contribution in [2.75, 3.05) is 10.6 Å². The van der Waals surface area contributed by atoms with Crippen LogP contribution in [0.4, 0.5) is 23.3 Å². The van der Waals surface area contributed by atoms with Crippen LogP contribution in [0.25, 0.3) is 22.1 Å². The van der Waals surface area contributed by atoms with Crippen molar-refractivity contribution in [3.05, 3.63) is 107 Å². The number of benzene rings is 4. The van der Waals surface area contributed by atoms with Crippen molar-refractivity contribution in [1.29, 1.82) is 0 Å². The molecule has 0 spiro atoms. The highest BCUT2D eigenvalue weighted by Gasteiger charge is 2.36. The monoisotopic (exact) mass is 795 g/mol. The molecule has 0 bridgehead atoms. The van der Waals surface area contributed by atoms with Crippen LogP contribution >= 0.6 is 0 Å². The fourth-order valence-corrected chi connectivity index (χ4v) is 10.8. The summed E-state index contributed by atoms with van der Waals surface area (Å²) in [4.78, 5) is 10.1. The highest BCUT2D eigenvalue weighted by molar-refractivity contribution is 5.81. The number of para-hydroxylation sites is 4. The molecule has 2 aromatic heterocycles. The Kier molecular flexibility index (Phi) is 13.7. The van der Waals surface area contributed by atoms with E-state index in [-0.39, 0.29) is 7.43 Å². The van der Waals surface area contributed by atoms with Gasteiger partial charge in [0, 0.05) is 23.5 Å². The van der Waals surface area contributed by atoms with Crippen LogP contribution in [-0.4, -0.2) is 19.1 Å². The van der Waals surface area contributed by atoms with E-state index < -0.39 is 0 Å². The molecule has 0 amide bonds. The molecule has 8 rings (SSSR count). The molecule has 2 N–H and O–H groups in total. The van der Waals surface area contributed by atoms with Gasteiger partial charge in [0.05, 0.1) is 22.1 Å². The molecule has 6 nitrogen and oxygen atoms in total. The van der Waals surface area contributed by atoms with Crippen LogP contribution in [0.1, 0.15) is 150 Å². The molecule has 59 heavy (non-hydrogen) atoms. The van der Waals surface area contributed by atoms with Crippen LogP contribution in [0.2, 0.25) is 0 Å². The Morgan fingerprint density at radius 2 is 0.932 bits per heavy atom. The molecule has 6 aromatic rings. The predicted molar refractivity (Wildman–Crippen MR) is 255 cm³/mol. The second kappa shape index (κ2) is 18.4. The number of rotatable bonds is 10. The maximum Gasteiger partial charge on any atom is 0.208 e. The first kappa shape index (κ1) is 44.0. The number of hydrogen-bond donors (Lipinski definition) is 2. The minimum atomic E-state index is 0. The maximum atomic E-state index is 5.03. The minimum absolute atomic E-state index is 0. The van der Waals surface area contributed by atoms with Crippen LogP contribution in [0.3, 0.4) is 0 Å². The number of nitrogens with one attached hydrogen (secondary N) is 2. The molecule has 2 aliphatic carbocycles. The average molecular weight is 795 g/mol. The van der Waals surface area contributed by atoms with Gasteiger partial charge in [-0.1, -0.05) is 125 Å². The average Bonchev–Trinajstić information content (AvgIpc) is 3.74. The van der Waals surface area contributed by atoms with Crippen LogP contribution in [0.15, 0.2) is 84.9 Å². The van der Waals surface area contributed by atoms with Gasteiger partial charge in [-0.05, 0) is 146 Å². The van der Waals surface area contributed by atoms with E-state index in [0.29, 0.717) is 22.9 Å². The summed E-state index contributed by atoms with van der Waals surface area (Å²) in [5.41, 5.74) is 13.2. The van der Waals surface area contributed by atoms with Gasteiger partial charge >= 0.3 is 0 Å². The third-order valence-corrected chi connectivity index (χ3v) is 13.1. The van der Waals surface area contributed by atoms with Gasteiger partial charge in [0.25, 0.3) is 0 Å². The maximum absolute atomic E-state index is 5.03. The van der Waals surface area contributed by atoms with Crippen molar-refractivity contribution in [2.24, 2.45) is 22.7 Å². The molecular weight excluding hydrogens is 721 g/mol. The molecule has 4 atom stereocenters. The largest absolute Gasteiger partial charge is 0.325 e. The number of imidazole rings is 2. The van der Waals surface area contributed by atoms with Gasteiger partial charge in [0.15, 0.2) is 0 Å². The summed E-state index contributed by atoms with van der Waals surface area (Å²) in [6.07, 6.45) is 11.6. The number of anilines is 4. The van der Waals surface area contributed by atoms with Gasteiger partial charge in [-0.15, -0.1) is 0 Å².